The van der Waals surface area contributed by atoms with Crippen LogP contribution in [-0.4, -0.2) is 120 Å². The highest BCUT2D eigenvalue weighted by atomic mass is 16.6. The highest BCUT2D eigenvalue weighted by Gasteiger charge is 2.35. The molecule has 3 aromatic rings. The summed E-state index contributed by atoms with van der Waals surface area (Å²) in [5.41, 5.74) is 4.72. The van der Waals surface area contributed by atoms with Gasteiger partial charge in [0.25, 0.3) is 5.91 Å². The molecule has 5 heterocycles. The van der Waals surface area contributed by atoms with Crippen LogP contribution in [0.3, 0.4) is 0 Å². The largest absolute Gasteiger partial charge is 0.465 e. The first kappa shape index (κ1) is 47.2. The van der Waals surface area contributed by atoms with Crippen LogP contribution in [0, 0.1) is 18.8 Å². The number of benzene rings is 2. The molecular formula is C47H70N6O8. The van der Waals surface area contributed by atoms with Gasteiger partial charge < -0.3 is 38.8 Å². The van der Waals surface area contributed by atoms with Crippen molar-refractivity contribution in [1.82, 2.24) is 24.2 Å². The van der Waals surface area contributed by atoms with Gasteiger partial charge in [-0.05, 0) is 113 Å². The normalized spacial score (nSPS) is 18.6. The molecule has 3 saturated heterocycles. The first-order valence-electron chi connectivity index (χ1n) is 22.3. The van der Waals surface area contributed by atoms with Gasteiger partial charge in [-0.2, -0.15) is 0 Å². The van der Waals surface area contributed by atoms with E-state index < -0.39 is 18.0 Å². The number of fused-ring (bicyclic) bond motifs is 2. The fourth-order valence-corrected chi connectivity index (χ4v) is 8.88. The number of piperidine rings is 3. The SMILES string of the molecule is C.CCCCCCOC(=O)C1CCN(C)CC1.Cc1cc(C[C@@H](OC(=O)N2CCC(N3CCc4ccccc4NC3=O)CC2)C(=O)N2CCC(C)CC2)cc2oc(=O)n(C)c12. The maximum absolute atomic E-state index is 13.8. The molecule has 14 nitrogen and oxygen atoms in total. The zero-order chi connectivity index (χ0) is 42.8. The lowest BCUT2D eigenvalue weighted by atomic mass is 9.97. The number of hydrogen-bond acceptors (Lipinski definition) is 9. The van der Waals surface area contributed by atoms with Crippen LogP contribution in [0.4, 0.5) is 15.3 Å². The third-order valence-corrected chi connectivity index (χ3v) is 12.8. The minimum atomic E-state index is -1.00. The average Bonchev–Trinajstić information content (AvgIpc) is 3.42. The fourth-order valence-electron chi connectivity index (χ4n) is 8.88. The number of anilines is 1. The third-order valence-electron chi connectivity index (χ3n) is 12.8. The molecule has 4 aliphatic rings. The molecule has 4 aliphatic heterocycles. The number of aromatic nitrogens is 1. The minimum absolute atomic E-state index is 0. The number of ether oxygens (including phenoxy) is 2. The highest BCUT2D eigenvalue weighted by molar-refractivity contribution is 5.91. The summed E-state index contributed by atoms with van der Waals surface area (Å²) in [5.74, 6) is 0.0837. The van der Waals surface area contributed by atoms with Gasteiger partial charge in [-0.3, -0.25) is 14.2 Å². The lowest BCUT2D eigenvalue weighted by molar-refractivity contribution is -0.150. The molecule has 0 radical (unpaired) electrons. The number of oxazole rings is 1. The number of para-hydroxylation sites is 1. The Kier molecular flexibility index (Phi) is 17.3. The van der Waals surface area contributed by atoms with Gasteiger partial charge in [0.05, 0.1) is 18.0 Å². The zero-order valence-electron chi connectivity index (χ0n) is 36.4. The van der Waals surface area contributed by atoms with Crippen LogP contribution in [0.1, 0.15) is 102 Å². The number of likely N-dealkylation sites (tertiary alicyclic amines) is 3. The molecule has 1 N–H and O–H groups in total. The molecule has 0 spiro atoms. The van der Waals surface area contributed by atoms with Gasteiger partial charge in [-0.25, -0.2) is 14.4 Å². The van der Waals surface area contributed by atoms with Gasteiger partial charge in [0.2, 0.25) is 0 Å². The summed E-state index contributed by atoms with van der Waals surface area (Å²) < 4.78 is 18.2. The van der Waals surface area contributed by atoms with E-state index in [0.717, 1.165) is 74.0 Å². The van der Waals surface area contributed by atoms with Crippen LogP contribution in [-0.2, 0) is 39.0 Å². The summed E-state index contributed by atoms with van der Waals surface area (Å²) in [6.07, 6.45) is 9.09. The number of amides is 4. The van der Waals surface area contributed by atoms with Crippen molar-refractivity contribution in [1.29, 1.82) is 0 Å². The number of aryl methyl sites for hydroxylation is 2. The first-order chi connectivity index (χ1) is 28.9. The van der Waals surface area contributed by atoms with Crippen LogP contribution in [0.5, 0.6) is 0 Å². The van der Waals surface area contributed by atoms with Crippen molar-refractivity contribution in [2.24, 2.45) is 18.9 Å². The predicted octanol–water partition coefficient (Wildman–Crippen LogP) is 7.39. The summed E-state index contributed by atoms with van der Waals surface area (Å²) in [4.78, 5) is 71.7. The molecule has 3 fully saturated rings. The van der Waals surface area contributed by atoms with E-state index in [1.807, 2.05) is 42.2 Å². The van der Waals surface area contributed by atoms with Crippen molar-refractivity contribution in [3.05, 3.63) is 63.6 Å². The second-order valence-corrected chi connectivity index (χ2v) is 17.3. The van der Waals surface area contributed by atoms with E-state index in [-0.39, 0.29) is 43.7 Å². The number of hydrogen-bond donors (Lipinski definition) is 1. The van der Waals surface area contributed by atoms with Gasteiger partial charge in [0.1, 0.15) is 0 Å². The molecule has 7 rings (SSSR count). The van der Waals surface area contributed by atoms with Crippen molar-refractivity contribution >= 4 is 40.8 Å². The Morgan fingerprint density at radius 1 is 0.869 bits per heavy atom. The molecule has 0 aliphatic carbocycles. The van der Waals surface area contributed by atoms with Gasteiger partial charge >= 0.3 is 23.8 Å². The standard InChI is InChI=1S/C33H41N5O6.C13H25NO2.CH4/c1-21-8-13-36(14-9-21)30(39)28(20-23-18-22(2)29-27(19-23)43-32(41)35(29)3)44-33(42)37-15-11-25(12-16-37)38-17-10-24-6-4-5-7-26(24)34-31(38)40;1-3-4-5-6-11-16-13(15)12-7-9-14(2)10-8-12;/h4-7,18-19,21,25,28H,8-17,20H2,1-3H3,(H,34,40);12H,3-11H2,1-2H3;1H4/t28-;;/m1../s1. The molecule has 2 aromatic carbocycles. The second-order valence-electron chi connectivity index (χ2n) is 17.3. The molecule has 0 unspecified atom stereocenters. The van der Waals surface area contributed by atoms with Crippen LogP contribution >= 0.6 is 0 Å². The van der Waals surface area contributed by atoms with Crippen LogP contribution in [0.15, 0.2) is 45.6 Å². The van der Waals surface area contributed by atoms with Crippen molar-refractivity contribution in [3.8, 4) is 0 Å². The van der Waals surface area contributed by atoms with E-state index in [1.165, 1.54) is 23.8 Å². The van der Waals surface area contributed by atoms with Gasteiger partial charge in [-0.1, -0.05) is 64.8 Å². The van der Waals surface area contributed by atoms with E-state index in [9.17, 15) is 24.0 Å². The Labute approximate surface area is 361 Å². The molecule has 336 valence electrons. The Balaban J connectivity index is 0.000000351. The first-order valence-corrected chi connectivity index (χ1v) is 22.3. The van der Waals surface area contributed by atoms with Crippen molar-refractivity contribution < 1.29 is 33.1 Å². The summed E-state index contributed by atoms with van der Waals surface area (Å²) in [6.45, 7) is 11.7. The van der Waals surface area contributed by atoms with Crippen molar-refractivity contribution in [3.63, 3.8) is 0 Å². The number of esters is 1. The Morgan fingerprint density at radius 2 is 1.56 bits per heavy atom. The minimum Gasteiger partial charge on any atom is -0.465 e. The number of urea groups is 1. The quantitative estimate of drug-likeness (QED) is 0.154. The van der Waals surface area contributed by atoms with Gasteiger partial charge in [-0.15, -0.1) is 0 Å². The van der Waals surface area contributed by atoms with Crippen LogP contribution in [0.25, 0.3) is 11.1 Å². The summed E-state index contributed by atoms with van der Waals surface area (Å²) in [6, 6.07) is 11.4. The molecule has 1 aromatic heterocycles. The number of carbonyl (C=O) groups is 4. The van der Waals surface area contributed by atoms with E-state index >= 15 is 0 Å². The zero-order valence-corrected chi connectivity index (χ0v) is 36.4. The highest BCUT2D eigenvalue weighted by Crippen LogP contribution is 2.27. The van der Waals surface area contributed by atoms with Crippen LogP contribution in [0.2, 0.25) is 0 Å². The smallest absolute Gasteiger partial charge is 0.419 e. The summed E-state index contributed by atoms with van der Waals surface area (Å²) >= 11 is 0. The molecule has 4 amide bonds. The van der Waals surface area contributed by atoms with Crippen molar-refractivity contribution in [2.45, 2.75) is 117 Å². The van der Waals surface area contributed by atoms with Crippen molar-refractivity contribution in [2.75, 3.05) is 64.8 Å². The topological polar surface area (TPSA) is 147 Å². The Morgan fingerprint density at radius 3 is 2.26 bits per heavy atom. The van der Waals surface area contributed by atoms with Gasteiger partial charge in [0.15, 0.2) is 11.7 Å². The summed E-state index contributed by atoms with van der Waals surface area (Å²) in [5, 5.41) is 3.03. The predicted molar refractivity (Wildman–Crippen MR) is 238 cm³/mol. The molecule has 14 heteroatoms. The van der Waals surface area contributed by atoms with Crippen LogP contribution < -0.4 is 11.1 Å². The average molecular weight is 847 g/mol. The third kappa shape index (κ3) is 12.4. The second kappa shape index (κ2) is 22.3. The maximum Gasteiger partial charge on any atom is 0.419 e. The van der Waals surface area contributed by atoms with E-state index in [1.54, 1.807) is 22.9 Å². The number of rotatable bonds is 11. The molecule has 0 saturated carbocycles. The molecular weight excluding hydrogens is 777 g/mol. The number of nitrogens with zero attached hydrogens (tertiary/aromatic N) is 5. The number of nitrogens with one attached hydrogen (secondary N) is 1. The van der Waals surface area contributed by atoms with Gasteiger partial charge in [0, 0.05) is 57.9 Å². The fraction of sp³-hybridized carbons (Fsp3) is 0.638. The maximum atomic E-state index is 13.8. The lowest BCUT2D eigenvalue weighted by Gasteiger charge is -2.38. The van der Waals surface area contributed by atoms with E-state index in [2.05, 4.69) is 31.1 Å². The monoisotopic (exact) mass is 847 g/mol. The number of carbonyl (C=O) groups excluding carboxylic acids is 4. The molecule has 0 bridgehead atoms. The Bertz CT molecular complexity index is 1990. The molecule has 61 heavy (non-hydrogen) atoms. The van der Waals surface area contributed by atoms with E-state index in [4.69, 9.17) is 13.9 Å². The lowest BCUT2D eigenvalue weighted by Crippen LogP contribution is -2.51. The number of unbranched alkanes of at least 4 members (excludes halogenated alkanes) is 3. The summed E-state index contributed by atoms with van der Waals surface area (Å²) in [7, 11) is 3.76. The van der Waals surface area contributed by atoms with E-state index in [0.29, 0.717) is 69.2 Å². The molecule has 1 atom stereocenters. The Hall–Kier alpha value is -4.85.